The van der Waals surface area contributed by atoms with Gasteiger partial charge in [-0.2, -0.15) is 0 Å². The molecule has 0 saturated carbocycles. The molecule has 148 valence electrons. The van der Waals surface area contributed by atoms with Crippen molar-refractivity contribution in [2.24, 2.45) is 0 Å². The standard InChI is InChI=1S/C13H11F2NO3.C4H8.C3H5F/c14-9-5-2-6-10(15)11(9)16-12(17)7-3-1-4-8(7)13(18)19;1-3-4-2;1-2-3-4/h2,5-6H,1,3-4H2,(H,16,17)(H,18,19);3H,1,4H2,2H3;2H,1,3H2. The van der Waals surface area contributed by atoms with E-state index >= 15 is 0 Å². The maximum atomic E-state index is 13.4. The SMILES string of the molecule is C=CCC.C=CCF.O=C(O)C1=C(C(=O)Nc2c(F)cccc2F)CCC1. The number of benzene rings is 1. The first kappa shape index (κ1) is 24.2. The maximum absolute atomic E-state index is 13.4. The minimum atomic E-state index is -1.17. The first-order valence-electron chi connectivity index (χ1n) is 8.32. The van der Waals surface area contributed by atoms with Crippen LogP contribution in [0, 0.1) is 11.6 Å². The third kappa shape index (κ3) is 8.40. The van der Waals surface area contributed by atoms with Crippen LogP contribution in [0.4, 0.5) is 18.9 Å². The second kappa shape index (κ2) is 13.4. The van der Waals surface area contributed by atoms with E-state index in [9.17, 15) is 22.8 Å². The normalized spacial score (nSPS) is 12.1. The van der Waals surface area contributed by atoms with Crippen molar-refractivity contribution >= 4 is 17.6 Å². The Morgan fingerprint density at radius 3 is 2.04 bits per heavy atom. The molecule has 1 aromatic rings. The Kier molecular flexibility index (Phi) is 12.0. The maximum Gasteiger partial charge on any atom is 0.332 e. The Balaban J connectivity index is 0.000000718. The molecule has 0 saturated heterocycles. The van der Waals surface area contributed by atoms with Gasteiger partial charge in [0.05, 0.1) is 0 Å². The van der Waals surface area contributed by atoms with Crippen LogP contribution >= 0.6 is 0 Å². The van der Waals surface area contributed by atoms with Crippen molar-refractivity contribution in [3.8, 4) is 0 Å². The van der Waals surface area contributed by atoms with E-state index in [1.165, 1.54) is 12.1 Å². The number of alkyl halides is 1. The smallest absolute Gasteiger partial charge is 0.332 e. The number of anilines is 1. The lowest BCUT2D eigenvalue weighted by molar-refractivity contribution is -0.133. The predicted octanol–water partition coefficient (Wildman–Crippen LogP) is 5.19. The Labute approximate surface area is 157 Å². The Hall–Kier alpha value is -2.83. The van der Waals surface area contributed by atoms with E-state index in [-0.39, 0.29) is 17.6 Å². The summed E-state index contributed by atoms with van der Waals surface area (Å²) in [6.07, 6.45) is 5.30. The minimum absolute atomic E-state index is 0.00856. The minimum Gasteiger partial charge on any atom is -0.478 e. The van der Waals surface area contributed by atoms with Gasteiger partial charge in [-0.05, 0) is 37.8 Å². The van der Waals surface area contributed by atoms with Crippen LogP contribution in [0.25, 0.3) is 0 Å². The van der Waals surface area contributed by atoms with E-state index in [1.54, 1.807) is 0 Å². The average molecular weight is 383 g/mol. The largest absolute Gasteiger partial charge is 0.478 e. The number of nitrogens with one attached hydrogen (secondary N) is 1. The molecule has 4 nitrogen and oxygen atoms in total. The van der Waals surface area contributed by atoms with Crippen LogP contribution in [0.15, 0.2) is 54.7 Å². The number of allylic oxidation sites excluding steroid dienone is 2. The second-order valence-electron chi connectivity index (χ2n) is 5.31. The summed E-state index contributed by atoms with van der Waals surface area (Å²) in [5.41, 5.74) is -0.471. The number of carboxylic acids is 1. The zero-order valence-corrected chi connectivity index (χ0v) is 15.2. The van der Waals surface area contributed by atoms with Crippen molar-refractivity contribution in [3.05, 3.63) is 66.3 Å². The van der Waals surface area contributed by atoms with Crippen LogP contribution in [-0.4, -0.2) is 23.7 Å². The number of para-hydroxylation sites is 1. The van der Waals surface area contributed by atoms with Crippen LogP contribution < -0.4 is 5.32 Å². The summed E-state index contributed by atoms with van der Waals surface area (Å²) in [6.45, 7) is 8.23. The van der Waals surface area contributed by atoms with E-state index in [1.807, 2.05) is 6.08 Å². The van der Waals surface area contributed by atoms with Crippen molar-refractivity contribution < 1.29 is 27.9 Å². The average Bonchev–Trinajstić information content (AvgIpc) is 3.15. The molecule has 0 spiro atoms. The molecular formula is C20H24F3NO3. The molecule has 0 aromatic heterocycles. The van der Waals surface area contributed by atoms with Crippen LogP contribution in [0.2, 0.25) is 0 Å². The van der Waals surface area contributed by atoms with Crippen molar-refractivity contribution in [1.82, 2.24) is 0 Å². The molecule has 0 heterocycles. The van der Waals surface area contributed by atoms with Crippen molar-refractivity contribution in [2.45, 2.75) is 32.6 Å². The summed E-state index contributed by atoms with van der Waals surface area (Å²) in [4.78, 5) is 22.8. The third-order valence-electron chi connectivity index (χ3n) is 3.35. The zero-order valence-electron chi connectivity index (χ0n) is 15.2. The molecule has 0 bridgehead atoms. The van der Waals surface area contributed by atoms with Gasteiger partial charge in [-0.3, -0.25) is 4.79 Å². The number of aliphatic carboxylic acids is 1. The lowest BCUT2D eigenvalue weighted by atomic mass is 10.1. The number of carboxylic acid groups (broad SMARTS) is 1. The lowest BCUT2D eigenvalue weighted by Crippen LogP contribution is -2.18. The van der Waals surface area contributed by atoms with E-state index in [0.717, 1.165) is 18.6 Å². The molecule has 1 aliphatic rings. The van der Waals surface area contributed by atoms with Crippen molar-refractivity contribution in [1.29, 1.82) is 0 Å². The quantitative estimate of drug-likeness (QED) is 0.688. The summed E-state index contributed by atoms with van der Waals surface area (Å²) in [5.74, 6) is -3.73. The van der Waals surface area contributed by atoms with E-state index in [4.69, 9.17) is 5.11 Å². The molecule has 1 aromatic carbocycles. The first-order chi connectivity index (χ1) is 12.8. The number of rotatable bonds is 5. The van der Waals surface area contributed by atoms with Gasteiger partial charge in [0.1, 0.15) is 24.0 Å². The van der Waals surface area contributed by atoms with Gasteiger partial charge in [-0.15, -0.1) is 13.2 Å². The van der Waals surface area contributed by atoms with Gasteiger partial charge in [-0.25, -0.2) is 18.0 Å². The molecule has 27 heavy (non-hydrogen) atoms. The number of amides is 1. The van der Waals surface area contributed by atoms with E-state index < -0.39 is 35.9 Å². The van der Waals surface area contributed by atoms with Gasteiger partial charge in [0, 0.05) is 11.1 Å². The Morgan fingerprint density at radius 2 is 1.63 bits per heavy atom. The molecule has 0 radical (unpaired) electrons. The molecule has 1 amide bonds. The molecular weight excluding hydrogens is 359 g/mol. The molecule has 0 aliphatic heterocycles. The van der Waals surface area contributed by atoms with Gasteiger partial charge in [0.25, 0.3) is 5.91 Å². The van der Waals surface area contributed by atoms with Crippen LogP contribution in [0.1, 0.15) is 32.6 Å². The zero-order chi connectivity index (χ0) is 20.8. The van der Waals surface area contributed by atoms with Crippen LogP contribution in [0.5, 0.6) is 0 Å². The van der Waals surface area contributed by atoms with Crippen molar-refractivity contribution in [3.63, 3.8) is 0 Å². The number of hydrogen-bond acceptors (Lipinski definition) is 2. The highest BCUT2D eigenvalue weighted by atomic mass is 19.1. The van der Waals surface area contributed by atoms with Gasteiger partial charge >= 0.3 is 5.97 Å². The molecule has 2 rings (SSSR count). The Morgan fingerprint density at radius 1 is 1.15 bits per heavy atom. The van der Waals surface area contributed by atoms with Gasteiger partial charge in [0.15, 0.2) is 0 Å². The van der Waals surface area contributed by atoms with Crippen LogP contribution in [0.3, 0.4) is 0 Å². The van der Waals surface area contributed by atoms with Gasteiger partial charge in [-0.1, -0.05) is 25.1 Å². The monoisotopic (exact) mass is 383 g/mol. The topological polar surface area (TPSA) is 66.4 Å². The van der Waals surface area contributed by atoms with Crippen molar-refractivity contribution in [2.75, 3.05) is 12.0 Å². The fraction of sp³-hybridized carbons (Fsp3) is 0.300. The summed E-state index contributed by atoms with van der Waals surface area (Å²) in [7, 11) is 0. The fourth-order valence-electron chi connectivity index (χ4n) is 2.04. The van der Waals surface area contributed by atoms with E-state index in [2.05, 4.69) is 25.4 Å². The van der Waals surface area contributed by atoms with Gasteiger partial charge < -0.3 is 10.4 Å². The van der Waals surface area contributed by atoms with Gasteiger partial charge in [0.2, 0.25) is 0 Å². The number of halogens is 3. The molecule has 7 heteroatoms. The lowest BCUT2D eigenvalue weighted by Gasteiger charge is -2.08. The summed E-state index contributed by atoms with van der Waals surface area (Å²) in [5, 5.41) is 11.0. The highest BCUT2D eigenvalue weighted by molar-refractivity contribution is 6.09. The third-order valence-corrected chi connectivity index (χ3v) is 3.35. The summed E-state index contributed by atoms with van der Waals surface area (Å²) >= 11 is 0. The molecule has 0 atom stereocenters. The highest BCUT2D eigenvalue weighted by Crippen LogP contribution is 2.28. The number of hydrogen-bond donors (Lipinski definition) is 2. The fourth-order valence-corrected chi connectivity index (χ4v) is 2.04. The second-order valence-corrected chi connectivity index (χ2v) is 5.31. The highest BCUT2D eigenvalue weighted by Gasteiger charge is 2.26. The first-order valence-corrected chi connectivity index (χ1v) is 8.32. The summed E-state index contributed by atoms with van der Waals surface area (Å²) in [6, 6.07) is 3.21. The molecule has 0 fully saturated rings. The molecule has 1 aliphatic carbocycles. The predicted molar refractivity (Wildman–Crippen MR) is 100 cm³/mol. The molecule has 2 N–H and O–H groups in total. The number of carbonyl (C=O) groups excluding carboxylic acids is 1. The Bertz CT molecular complexity index is 671. The number of carbonyl (C=O) groups is 2. The summed E-state index contributed by atoms with van der Waals surface area (Å²) < 4.78 is 37.3. The van der Waals surface area contributed by atoms with Crippen LogP contribution in [-0.2, 0) is 9.59 Å². The van der Waals surface area contributed by atoms with E-state index in [0.29, 0.717) is 12.8 Å². The molecule has 0 unspecified atom stereocenters.